The molecule has 0 bridgehead atoms. The zero-order valence-corrected chi connectivity index (χ0v) is 12.1. The molecule has 1 amide bonds. The van der Waals surface area contributed by atoms with Crippen LogP contribution in [0.25, 0.3) is 0 Å². The van der Waals surface area contributed by atoms with Crippen LogP contribution in [-0.2, 0) is 4.79 Å². The molecule has 2 rings (SSSR count). The van der Waals surface area contributed by atoms with Crippen LogP contribution >= 0.6 is 12.2 Å². The summed E-state index contributed by atoms with van der Waals surface area (Å²) in [6.07, 6.45) is 0. The van der Waals surface area contributed by atoms with Gasteiger partial charge in [0.25, 0.3) is 5.91 Å². The number of thiocarbonyl (C=S) groups is 1. The highest BCUT2D eigenvalue weighted by molar-refractivity contribution is 7.80. The minimum absolute atomic E-state index is 0.215. The molecular formula is C13H18N4OS. The number of carbonyl (C=O) groups excluding carboxylic acids is 1. The van der Waals surface area contributed by atoms with E-state index in [1.807, 2.05) is 56.1 Å². The van der Waals surface area contributed by atoms with Crippen LogP contribution in [0.1, 0.15) is 32.4 Å². The largest absolute Gasteiger partial charge is 0.292 e. The second-order valence-electron chi connectivity index (χ2n) is 5.48. The van der Waals surface area contributed by atoms with Crippen molar-refractivity contribution >= 4 is 23.2 Å². The van der Waals surface area contributed by atoms with Gasteiger partial charge in [-0.2, -0.15) is 5.01 Å². The summed E-state index contributed by atoms with van der Waals surface area (Å²) in [7, 11) is 0. The number of nitrogens with one attached hydrogen (secondary N) is 1. The smallest absolute Gasteiger partial charge is 0.266 e. The highest BCUT2D eigenvalue weighted by Gasteiger charge is 2.42. The van der Waals surface area contributed by atoms with E-state index in [1.165, 1.54) is 0 Å². The number of hydrogen-bond donors (Lipinski definition) is 2. The van der Waals surface area contributed by atoms with Gasteiger partial charge in [0.2, 0.25) is 5.11 Å². The van der Waals surface area contributed by atoms with Crippen LogP contribution < -0.4 is 11.3 Å². The minimum Gasteiger partial charge on any atom is -0.292 e. The van der Waals surface area contributed by atoms with Crippen molar-refractivity contribution in [2.24, 2.45) is 5.84 Å². The average Bonchev–Trinajstić information content (AvgIpc) is 2.35. The van der Waals surface area contributed by atoms with Crippen LogP contribution in [0.5, 0.6) is 0 Å². The Morgan fingerprint density at radius 1 is 1.26 bits per heavy atom. The molecule has 1 saturated heterocycles. The molecule has 1 heterocycles. The predicted octanol–water partition coefficient (Wildman–Crippen LogP) is 1.33. The van der Waals surface area contributed by atoms with Crippen LogP contribution in [0, 0.1) is 0 Å². The van der Waals surface area contributed by atoms with Crippen LogP contribution in [0.4, 0.5) is 0 Å². The Labute approximate surface area is 118 Å². The van der Waals surface area contributed by atoms with Gasteiger partial charge >= 0.3 is 0 Å². The van der Waals surface area contributed by atoms with E-state index in [0.717, 1.165) is 10.6 Å². The topological polar surface area (TPSA) is 61.6 Å². The number of amides is 1. The quantitative estimate of drug-likeness (QED) is 0.461. The highest BCUT2D eigenvalue weighted by Crippen LogP contribution is 2.30. The van der Waals surface area contributed by atoms with Gasteiger partial charge in [0.05, 0.1) is 0 Å². The number of hydrazine groups is 2. The molecule has 1 atom stereocenters. The summed E-state index contributed by atoms with van der Waals surface area (Å²) in [5, 5.41) is 3.05. The number of benzene rings is 1. The van der Waals surface area contributed by atoms with Crippen molar-refractivity contribution in [2.45, 2.75) is 32.4 Å². The second kappa shape index (κ2) is 4.88. The van der Waals surface area contributed by atoms with Gasteiger partial charge in [-0.3, -0.25) is 10.2 Å². The lowest BCUT2D eigenvalue weighted by atomic mass is 9.99. The third kappa shape index (κ3) is 2.60. The Morgan fingerprint density at radius 2 is 1.84 bits per heavy atom. The van der Waals surface area contributed by atoms with Crippen molar-refractivity contribution in [2.75, 3.05) is 0 Å². The van der Waals surface area contributed by atoms with E-state index < -0.39 is 6.04 Å². The fourth-order valence-corrected chi connectivity index (χ4v) is 2.23. The first-order valence-electron chi connectivity index (χ1n) is 6.06. The van der Waals surface area contributed by atoms with Gasteiger partial charge in [0.15, 0.2) is 0 Å². The van der Waals surface area contributed by atoms with E-state index in [2.05, 4.69) is 5.43 Å². The summed E-state index contributed by atoms with van der Waals surface area (Å²) >= 11 is 5.08. The molecule has 3 N–H and O–H groups in total. The molecule has 0 saturated carbocycles. The second-order valence-corrected chi connectivity index (χ2v) is 5.87. The van der Waals surface area contributed by atoms with Gasteiger partial charge < -0.3 is 0 Å². The number of nitrogens with zero attached hydrogens (tertiary/aromatic N) is 2. The van der Waals surface area contributed by atoms with Crippen LogP contribution in [0.3, 0.4) is 0 Å². The molecule has 1 aromatic rings. The Balaban J connectivity index is 2.46. The molecule has 1 aromatic carbocycles. The van der Waals surface area contributed by atoms with Gasteiger partial charge in [-0.05, 0) is 38.6 Å². The fraction of sp³-hybridized carbons (Fsp3) is 0.385. The van der Waals surface area contributed by atoms with E-state index in [0.29, 0.717) is 0 Å². The number of rotatable bonds is 1. The standard InChI is InChI=1S/C13H18N4OS/c1-13(2,3)17-10(9-7-5-4-6-8-9)11(18)16(14)12(19)15-17/h4-8,10H,14H2,1-3H3,(H,15,19). The van der Waals surface area contributed by atoms with Gasteiger partial charge in [-0.1, -0.05) is 30.3 Å². The van der Waals surface area contributed by atoms with Crippen molar-refractivity contribution in [3.8, 4) is 0 Å². The molecule has 0 spiro atoms. The average molecular weight is 278 g/mol. The lowest BCUT2D eigenvalue weighted by Crippen LogP contribution is -2.67. The van der Waals surface area contributed by atoms with E-state index in [1.54, 1.807) is 0 Å². The molecule has 0 aliphatic carbocycles. The molecule has 1 unspecified atom stereocenters. The first-order valence-corrected chi connectivity index (χ1v) is 6.47. The summed E-state index contributed by atoms with van der Waals surface area (Å²) in [6.45, 7) is 6.04. The van der Waals surface area contributed by atoms with Crippen LogP contribution in [-0.4, -0.2) is 26.6 Å². The van der Waals surface area contributed by atoms with Crippen LogP contribution in [0.2, 0.25) is 0 Å². The summed E-state index contributed by atoms with van der Waals surface area (Å²) in [4.78, 5) is 12.4. The van der Waals surface area contributed by atoms with Crippen molar-refractivity contribution in [3.63, 3.8) is 0 Å². The summed E-state index contributed by atoms with van der Waals surface area (Å²) < 4.78 is 0. The number of hydrogen-bond acceptors (Lipinski definition) is 4. The van der Waals surface area contributed by atoms with E-state index in [-0.39, 0.29) is 16.6 Å². The number of carbonyl (C=O) groups is 1. The van der Waals surface area contributed by atoms with Crippen molar-refractivity contribution in [1.29, 1.82) is 0 Å². The summed E-state index contributed by atoms with van der Waals surface area (Å²) in [6, 6.07) is 9.04. The Hall–Kier alpha value is -1.50. The Morgan fingerprint density at radius 3 is 2.37 bits per heavy atom. The Kier molecular flexibility index (Phi) is 3.58. The lowest BCUT2D eigenvalue weighted by Gasteiger charge is -2.46. The maximum absolute atomic E-state index is 12.4. The van der Waals surface area contributed by atoms with Gasteiger partial charge in [0.1, 0.15) is 6.04 Å². The van der Waals surface area contributed by atoms with E-state index in [4.69, 9.17) is 18.1 Å². The SMILES string of the molecule is CC(C)(C)N1NC(=S)N(N)C(=O)C1c1ccccc1. The molecule has 1 aliphatic rings. The summed E-state index contributed by atoms with van der Waals surface area (Å²) in [5.74, 6) is 5.48. The van der Waals surface area contributed by atoms with Crippen molar-refractivity contribution < 1.29 is 4.79 Å². The normalized spacial score (nSPS) is 21.5. The molecular weight excluding hydrogens is 260 g/mol. The van der Waals surface area contributed by atoms with Gasteiger partial charge in [0, 0.05) is 5.54 Å². The molecule has 6 heteroatoms. The maximum atomic E-state index is 12.4. The first-order chi connectivity index (χ1) is 8.82. The molecule has 1 fully saturated rings. The zero-order valence-electron chi connectivity index (χ0n) is 11.3. The summed E-state index contributed by atoms with van der Waals surface area (Å²) in [5.41, 5.74) is 3.64. The van der Waals surface area contributed by atoms with Crippen molar-refractivity contribution in [3.05, 3.63) is 35.9 Å². The lowest BCUT2D eigenvalue weighted by molar-refractivity contribution is -0.141. The minimum atomic E-state index is -0.488. The molecule has 5 nitrogen and oxygen atoms in total. The van der Waals surface area contributed by atoms with E-state index >= 15 is 0 Å². The number of nitrogens with two attached hydrogens (primary N) is 1. The molecule has 1 aliphatic heterocycles. The third-order valence-electron chi connectivity index (χ3n) is 3.00. The van der Waals surface area contributed by atoms with Gasteiger partial charge in [-0.25, -0.2) is 10.9 Å². The monoisotopic (exact) mass is 278 g/mol. The van der Waals surface area contributed by atoms with E-state index in [9.17, 15) is 4.79 Å². The first kappa shape index (κ1) is 13.9. The fourth-order valence-electron chi connectivity index (χ4n) is 2.05. The third-order valence-corrected chi connectivity index (χ3v) is 3.29. The Bertz CT molecular complexity index is 497. The van der Waals surface area contributed by atoms with Crippen LogP contribution in [0.15, 0.2) is 30.3 Å². The maximum Gasteiger partial charge on any atom is 0.266 e. The molecule has 0 aromatic heterocycles. The molecule has 102 valence electrons. The highest BCUT2D eigenvalue weighted by atomic mass is 32.1. The van der Waals surface area contributed by atoms with Crippen molar-refractivity contribution in [1.82, 2.24) is 15.4 Å². The molecule has 0 radical (unpaired) electrons. The predicted molar refractivity (Wildman–Crippen MR) is 77.5 cm³/mol. The molecule has 19 heavy (non-hydrogen) atoms. The zero-order chi connectivity index (χ0) is 14.2. The van der Waals surface area contributed by atoms with Gasteiger partial charge in [-0.15, -0.1) is 0 Å².